The van der Waals surface area contributed by atoms with Crippen LogP contribution in [0.3, 0.4) is 0 Å². The Morgan fingerprint density at radius 3 is 2.52 bits per heavy atom. The lowest BCUT2D eigenvalue weighted by Gasteiger charge is -2.14. The van der Waals surface area contributed by atoms with Gasteiger partial charge in [0.25, 0.3) is 0 Å². The van der Waals surface area contributed by atoms with Crippen LogP contribution >= 0.6 is 27.3 Å². The predicted molar refractivity (Wildman–Crippen MR) is 92.1 cm³/mol. The third-order valence-corrected chi connectivity index (χ3v) is 5.34. The molecule has 0 amide bonds. The molecule has 0 unspecified atom stereocenters. The van der Waals surface area contributed by atoms with Crippen LogP contribution in [0, 0.1) is 13.8 Å². The van der Waals surface area contributed by atoms with Crippen molar-refractivity contribution in [3.8, 4) is 5.75 Å². The minimum Gasteiger partial charge on any atom is -0.488 e. The van der Waals surface area contributed by atoms with Gasteiger partial charge in [0.05, 0.1) is 0 Å². The van der Waals surface area contributed by atoms with Gasteiger partial charge >= 0.3 is 0 Å². The number of rotatable bonds is 6. The number of thiophene rings is 1. The minimum absolute atomic E-state index is 0.637. The molecule has 1 N–H and O–H groups in total. The summed E-state index contributed by atoms with van der Waals surface area (Å²) >= 11 is 5.20. The molecule has 1 saturated carbocycles. The predicted octanol–water partition coefficient (Wildman–Crippen LogP) is 4.96. The molecule has 0 saturated heterocycles. The van der Waals surface area contributed by atoms with Crippen LogP contribution in [0.4, 0.5) is 0 Å². The SMILES string of the molecule is Cc1cc(CNC2CC2)cc(C)c1OCc1cc(Br)cs1. The highest BCUT2D eigenvalue weighted by atomic mass is 79.9. The van der Waals surface area contributed by atoms with Gasteiger partial charge in [-0.25, -0.2) is 0 Å². The maximum Gasteiger partial charge on any atom is 0.125 e. The molecule has 21 heavy (non-hydrogen) atoms. The second-order valence-electron chi connectivity index (χ2n) is 5.73. The molecular weight excluding hydrogens is 346 g/mol. The van der Waals surface area contributed by atoms with Crippen LogP contribution in [0.2, 0.25) is 0 Å². The van der Waals surface area contributed by atoms with E-state index in [9.17, 15) is 0 Å². The molecule has 1 fully saturated rings. The van der Waals surface area contributed by atoms with Crippen LogP contribution in [0.5, 0.6) is 5.75 Å². The van der Waals surface area contributed by atoms with Gasteiger partial charge in [0.2, 0.25) is 0 Å². The molecule has 0 bridgehead atoms. The lowest BCUT2D eigenvalue weighted by Crippen LogP contribution is -2.15. The quantitative estimate of drug-likeness (QED) is 0.780. The molecule has 0 spiro atoms. The molecule has 0 atom stereocenters. The summed E-state index contributed by atoms with van der Waals surface area (Å²) in [7, 11) is 0. The molecule has 4 heteroatoms. The Kier molecular flexibility index (Phi) is 4.67. The van der Waals surface area contributed by atoms with Crippen molar-refractivity contribution in [2.24, 2.45) is 0 Å². The Bertz CT molecular complexity index is 610. The van der Waals surface area contributed by atoms with E-state index in [0.29, 0.717) is 6.61 Å². The van der Waals surface area contributed by atoms with E-state index in [-0.39, 0.29) is 0 Å². The van der Waals surface area contributed by atoms with Crippen LogP contribution in [0.1, 0.15) is 34.4 Å². The van der Waals surface area contributed by atoms with Crippen molar-refractivity contribution in [3.05, 3.63) is 49.6 Å². The van der Waals surface area contributed by atoms with Gasteiger partial charge in [0, 0.05) is 27.3 Å². The number of hydrogen-bond donors (Lipinski definition) is 1. The second-order valence-corrected chi connectivity index (χ2v) is 7.65. The minimum atomic E-state index is 0.637. The summed E-state index contributed by atoms with van der Waals surface area (Å²) < 4.78 is 7.16. The molecule has 3 rings (SSSR count). The van der Waals surface area contributed by atoms with Gasteiger partial charge in [-0.1, -0.05) is 12.1 Å². The van der Waals surface area contributed by atoms with Crippen LogP contribution in [0.25, 0.3) is 0 Å². The fraction of sp³-hybridized carbons (Fsp3) is 0.412. The first-order valence-electron chi connectivity index (χ1n) is 7.31. The molecule has 1 aliphatic rings. The van der Waals surface area contributed by atoms with Crippen molar-refractivity contribution < 1.29 is 4.74 Å². The first-order valence-corrected chi connectivity index (χ1v) is 8.98. The van der Waals surface area contributed by atoms with E-state index in [1.807, 2.05) is 0 Å². The molecule has 2 nitrogen and oxygen atoms in total. The van der Waals surface area contributed by atoms with Gasteiger partial charge in [-0.2, -0.15) is 0 Å². The maximum atomic E-state index is 6.03. The second kappa shape index (κ2) is 6.51. The van der Waals surface area contributed by atoms with Crippen LogP contribution < -0.4 is 10.1 Å². The van der Waals surface area contributed by atoms with Gasteiger partial charge in [-0.15, -0.1) is 11.3 Å². The first kappa shape index (κ1) is 15.1. The van der Waals surface area contributed by atoms with Crippen molar-refractivity contribution in [2.45, 2.75) is 45.9 Å². The highest BCUT2D eigenvalue weighted by molar-refractivity contribution is 9.10. The van der Waals surface area contributed by atoms with Crippen molar-refractivity contribution in [1.82, 2.24) is 5.32 Å². The summed E-state index contributed by atoms with van der Waals surface area (Å²) in [6.45, 7) is 5.86. The number of aryl methyl sites for hydroxylation is 2. The Hall–Kier alpha value is -0.840. The van der Waals surface area contributed by atoms with E-state index in [0.717, 1.165) is 22.8 Å². The highest BCUT2D eigenvalue weighted by Crippen LogP contribution is 2.28. The van der Waals surface area contributed by atoms with E-state index in [1.165, 1.54) is 34.4 Å². The largest absolute Gasteiger partial charge is 0.488 e. The number of nitrogens with one attached hydrogen (secondary N) is 1. The molecule has 112 valence electrons. The van der Waals surface area contributed by atoms with Gasteiger partial charge in [0.15, 0.2) is 0 Å². The van der Waals surface area contributed by atoms with Crippen molar-refractivity contribution in [1.29, 1.82) is 0 Å². The number of hydrogen-bond acceptors (Lipinski definition) is 3. The zero-order valence-corrected chi connectivity index (χ0v) is 14.8. The van der Waals surface area contributed by atoms with E-state index in [1.54, 1.807) is 11.3 Å². The van der Waals surface area contributed by atoms with Crippen molar-refractivity contribution >= 4 is 27.3 Å². The van der Waals surface area contributed by atoms with Gasteiger partial charge < -0.3 is 10.1 Å². The summed E-state index contributed by atoms with van der Waals surface area (Å²) in [6, 6.07) is 7.34. The van der Waals surface area contributed by atoms with Gasteiger partial charge in [-0.3, -0.25) is 0 Å². The summed E-state index contributed by atoms with van der Waals surface area (Å²) in [6.07, 6.45) is 2.66. The monoisotopic (exact) mass is 365 g/mol. The van der Waals surface area contributed by atoms with E-state index >= 15 is 0 Å². The zero-order chi connectivity index (χ0) is 14.8. The highest BCUT2D eigenvalue weighted by Gasteiger charge is 2.20. The third-order valence-electron chi connectivity index (χ3n) is 3.67. The van der Waals surface area contributed by atoms with E-state index < -0.39 is 0 Å². The van der Waals surface area contributed by atoms with Gasteiger partial charge in [0.1, 0.15) is 12.4 Å². The number of benzene rings is 1. The van der Waals surface area contributed by atoms with E-state index in [4.69, 9.17) is 4.74 Å². The molecule has 1 aliphatic carbocycles. The lowest BCUT2D eigenvalue weighted by atomic mass is 10.1. The van der Waals surface area contributed by atoms with Crippen molar-refractivity contribution in [2.75, 3.05) is 0 Å². The van der Waals surface area contributed by atoms with Crippen LogP contribution in [-0.4, -0.2) is 6.04 Å². The lowest BCUT2D eigenvalue weighted by molar-refractivity contribution is 0.305. The third kappa shape index (κ3) is 4.09. The fourth-order valence-electron chi connectivity index (χ4n) is 2.49. The molecule has 0 radical (unpaired) electrons. The van der Waals surface area contributed by atoms with Gasteiger partial charge in [-0.05, 0) is 65.4 Å². The number of ether oxygens (including phenoxy) is 1. The summed E-state index contributed by atoms with van der Waals surface area (Å²) in [5.41, 5.74) is 3.79. The average molecular weight is 366 g/mol. The number of halogens is 1. The summed E-state index contributed by atoms with van der Waals surface area (Å²) in [5, 5.41) is 5.65. The summed E-state index contributed by atoms with van der Waals surface area (Å²) in [4.78, 5) is 1.24. The molecule has 1 heterocycles. The normalized spacial score (nSPS) is 14.4. The van der Waals surface area contributed by atoms with Crippen LogP contribution in [0.15, 0.2) is 28.1 Å². The molecule has 1 aromatic heterocycles. The van der Waals surface area contributed by atoms with Crippen LogP contribution in [-0.2, 0) is 13.2 Å². The topological polar surface area (TPSA) is 21.3 Å². The Balaban J connectivity index is 1.66. The first-order chi connectivity index (χ1) is 10.1. The van der Waals surface area contributed by atoms with E-state index in [2.05, 4.69) is 58.7 Å². The average Bonchev–Trinajstić information content (AvgIpc) is 3.17. The Morgan fingerprint density at radius 2 is 1.95 bits per heavy atom. The maximum absolute atomic E-state index is 6.03. The zero-order valence-electron chi connectivity index (χ0n) is 12.4. The Morgan fingerprint density at radius 1 is 1.24 bits per heavy atom. The molecule has 2 aromatic rings. The molecule has 0 aliphatic heterocycles. The standard InChI is InChI=1S/C17H20BrNOS/c1-11-5-13(8-19-15-3-4-15)6-12(2)17(11)20-9-16-7-14(18)10-21-16/h5-7,10,15,19H,3-4,8-9H2,1-2H3. The Labute approximate surface area is 138 Å². The van der Waals surface area contributed by atoms with Crippen molar-refractivity contribution in [3.63, 3.8) is 0 Å². The molecule has 1 aromatic carbocycles. The molecular formula is C17H20BrNOS. The fourth-order valence-corrected chi connectivity index (χ4v) is 3.85. The smallest absolute Gasteiger partial charge is 0.125 e. The summed E-state index contributed by atoms with van der Waals surface area (Å²) in [5.74, 6) is 1.02.